The van der Waals surface area contributed by atoms with Crippen molar-refractivity contribution in [1.82, 2.24) is 0 Å². The standard InChI is InChI=1S/C24H12BrF3N2O6S2/c25-15-7-12(1-4-17(15)36-18-5-2-13(24(26,27)28)9-16(18)30(32)33)8-21-22(31)29(23(37)38-21)14-3-6-19-20(10-14)35-11-34-19/h1-10H,11H2/b21-8+. The normalized spacial score (nSPS) is 15.9. The fourth-order valence-electron chi connectivity index (χ4n) is 3.60. The third kappa shape index (κ3) is 5.06. The average Bonchev–Trinajstić information content (AvgIpc) is 3.43. The summed E-state index contributed by atoms with van der Waals surface area (Å²) >= 11 is 9.82. The van der Waals surface area contributed by atoms with Crippen LogP contribution in [0.3, 0.4) is 0 Å². The van der Waals surface area contributed by atoms with Gasteiger partial charge < -0.3 is 14.2 Å². The van der Waals surface area contributed by atoms with E-state index in [1.54, 1.807) is 36.4 Å². The van der Waals surface area contributed by atoms with Gasteiger partial charge in [0.25, 0.3) is 5.91 Å². The van der Waals surface area contributed by atoms with Gasteiger partial charge in [0.2, 0.25) is 12.5 Å². The second kappa shape index (κ2) is 9.93. The van der Waals surface area contributed by atoms with E-state index in [9.17, 15) is 28.1 Å². The van der Waals surface area contributed by atoms with Crippen LogP contribution in [0.4, 0.5) is 24.5 Å². The maximum absolute atomic E-state index is 13.1. The Morgan fingerprint density at radius 3 is 2.53 bits per heavy atom. The van der Waals surface area contributed by atoms with Gasteiger partial charge in [0.1, 0.15) is 5.75 Å². The van der Waals surface area contributed by atoms with Crippen molar-refractivity contribution in [3.8, 4) is 23.0 Å². The van der Waals surface area contributed by atoms with Crippen LogP contribution in [0.1, 0.15) is 11.1 Å². The summed E-state index contributed by atoms with van der Waals surface area (Å²) in [6, 6.07) is 11.7. The fourth-order valence-corrected chi connectivity index (χ4v) is 5.37. The van der Waals surface area contributed by atoms with Crippen molar-refractivity contribution in [2.24, 2.45) is 0 Å². The molecule has 2 aliphatic heterocycles. The van der Waals surface area contributed by atoms with E-state index in [1.165, 1.54) is 11.0 Å². The van der Waals surface area contributed by atoms with Crippen LogP contribution in [-0.2, 0) is 11.0 Å². The summed E-state index contributed by atoms with van der Waals surface area (Å²) in [5.74, 6) is 0.506. The molecule has 0 bridgehead atoms. The highest BCUT2D eigenvalue weighted by Gasteiger charge is 2.35. The molecule has 2 heterocycles. The first-order valence-corrected chi connectivity index (χ1v) is 12.5. The number of alkyl halides is 3. The minimum absolute atomic E-state index is 0.0951. The highest BCUT2D eigenvalue weighted by atomic mass is 79.9. The van der Waals surface area contributed by atoms with Crippen LogP contribution in [0.15, 0.2) is 64.0 Å². The molecule has 5 rings (SSSR count). The van der Waals surface area contributed by atoms with Gasteiger partial charge in [-0.2, -0.15) is 13.2 Å². The maximum Gasteiger partial charge on any atom is 0.416 e. The number of carbonyl (C=O) groups is 1. The van der Waals surface area contributed by atoms with Gasteiger partial charge in [-0.1, -0.05) is 30.0 Å². The van der Waals surface area contributed by atoms with Gasteiger partial charge >= 0.3 is 11.9 Å². The minimum Gasteiger partial charge on any atom is -0.454 e. The van der Waals surface area contributed by atoms with Crippen molar-refractivity contribution in [2.45, 2.75) is 6.18 Å². The monoisotopic (exact) mass is 624 g/mol. The van der Waals surface area contributed by atoms with E-state index < -0.39 is 22.4 Å². The van der Waals surface area contributed by atoms with E-state index in [1.807, 2.05) is 0 Å². The van der Waals surface area contributed by atoms with Crippen molar-refractivity contribution in [3.05, 3.63) is 85.2 Å². The third-order valence-corrected chi connectivity index (χ3v) is 7.29. The molecular weight excluding hydrogens is 613 g/mol. The molecule has 0 N–H and O–H groups in total. The van der Waals surface area contributed by atoms with Crippen molar-refractivity contribution >= 4 is 67.6 Å². The lowest BCUT2D eigenvalue weighted by Crippen LogP contribution is -2.27. The van der Waals surface area contributed by atoms with Crippen LogP contribution in [0, 0.1) is 10.1 Å². The third-order valence-electron chi connectivity index (χ3n) is 5.36. The van der Waals surface area contributed by atoms with Crippen LogP contribution in [-0.4, -0.2) is 21.9 Å². The highest BCUT2D eigenvalue weighted by Crippen LogP contribution is 2.42. The van der Waals surface area contributed by atoms with E-state index in [2.05, 4.69) is 15.9 Å². The Labute approximate surface area is 230 Å². The van der Waals surface area contributed by atoms with E-state index in [0.717, 1.165) is 17.8 Å². The van der Waals surface area contributed by atoms with Crippen molar-refractivity contribution < 1.29 is 37.1 Å². The molecule has 3 aromatic rings. The lowest BCUT2D eigenvalue weighted by molar-refractivity contribution is -0.385. The molecule has 8 nitrogen and oxygen atoms in total. The molecule has 2 aliphatic rings. The molecule has 0 radical (unpaired) electrons. The van der Waals surface area contributed by atoms with Crippen LogP contribution < -0.4 is 19.1 Å². The number of benzene rings is 3. The molecule has 3 aromatic carbocycles. The predicted octanol–water partition coefficient (Wildman–Crippen LogP) is 7.30. The summed E-state index contributed by atoms with van der Waals surface area (Å²) in [5.41, 5.74) is -0.882. The first-order chi connectivity index (χ1) is 18.0. The van der Waals surface area contributed by atoms with Gasteiger partial charge in [0.05, 0.1) is 25.6 Å². The molecular formula is C24H12BrF3N2O6S2. The lowest BCUT2D eigenvalue weighted by Gasteiger charge is -2.14. The zero-order chi connectivity index (χ0) is 27.2. The Bertz CT molecular complexity index is 1550. The zero-order valence-electron chi connectivity index (χ0n) is 18.7. The number of halogens is 4. The van der Waals surface area contributed by atoms with Gasteiger partial charge in [-0.05, 0) is 64.0 Å². The predicted molar refractivity (Wildman–Crippen MR) is 141 cm³/mol. The zero-order valence-corrected chi connectivity index (χ0v) is 21.9. The molecule has 194 valence electrons. The molecule has 14 heteroatoms. The van der Waals surface area contributed by atoms with Crippen molar-refractivity contribution in [2.75, 3.05) is 11.7 Å². The number of thiocarbonyl (C=S) groups is 1. The van der Waals surface area contributed by atoms with E-state index in [4.69, 9.17) is 26.4 Å². The maximum atomic E-state index is 13.1. The molecule has 0 unspecified atom stereocenters. The minimum atomic E-state index is -4.74. The topological polar surface area (TPSA) is 91.1 Å². The Kier molecular flexibility index (Phi) is 6.79. The van der Waals surface area contributed by atoms with Gasteiger partial charge in [0, 0.05) is 12.1 Å². The molecule has 1 saturated heterocycles. The summed E-state index contributed by atoms with van der Waals surface area (Å²) in [6.45, 7) is 0.0951. The molecule has 0 atom stereocenters. The molecule has 38 heavy (non-hydrogen) atoms. The highest BCUT2D eigenvalue weighted by molar-refractivity contribution is 9.10. The Morgan fingerprint density at radius 2 is 1.82 bits per heavy atom. The Balaban J connectivity index is 1.37. The van der Waals surface area contributed by atoms with Crippen LogP contribution in [0.25, 0.3) is 6.08 Å². The van der Waals surface area contributed by atoms with Gasteiger partial charge in [-0.15, -0.1) is 0 Å². The molecule has 0 aliphatic carbocycles. The number of hydrogen-bond donors (Lipinski definition) is 0. The summed E-state index contributed by atoms with van der Waals surface area (Å²) in [6.07, 6.45) is -3.13. The number of fused-ring (bicyclic) bond motifs is 1. The second-order valence-electron chi connectivity index (χ2n) is 7.78. The van der Waals surface area contributed by atoms with Gasteiger partial charge in [-0.3, -0.25) is 19.8 Å². The van der Waals surface area contributed by atoms with Crippen LogP contribution in [0.2, 0.25) is 0 Å². The molecule has 0 saturated carbocycles. The molecule has 1 amide bonds. The average molecular weight is 625 g/mol. The summed E-state index contributed by atoms with van der Waals surface area (Å²) in [5, 5.41) is 11.3. The molecule has 0 aromatic heterocycles. The SMILES string of the molecule is O=C1/C(=C\c2ccc(Oc3ccc(C(F)(F)F)cc3[N+](=O)[O-])c(Br)c2)SC(=S)N1c1ccc2c(c1)OCO2. The number of thioether (sulfide) groups is 1. The number of hydrogen-bond acceptors (Lipinski definition) is 8. The second-order valence-corrected chi connectivity index (χ2v) is 10.3. The number of anilines is 1. The van der Waals surface area contributed by atoms with Gasteiger partial charge in [0.15, 0.2) is 15.8 Å². The number of rotatable bonds is 5. The first kappa shape index (κ1) is 26.0. The Morgan fingerprint density at radius 1 is 1.08 bits per heavy atom. The summed E-state index contributed by atoms with van der Waals surface area (Å²) < 4.78 is 55.8. The largest absolute Gasteiger partial charge is 0.454 e. The van der Waals surface area contributed by atoms with Crippen molar-refractivity contribution in [1.29, 1.82) is 0 Å². The van der Waals surface area contributed by atoms with E-state index in [0.29, 0.717) is 48.6 Å². The van der Waals surface area contributed by atoms with E-state index >= 15 is 0 Å². The molecule has 1 fully saturated rings. The number of carbonyl (C=O) groups excluding carboxylic acids is 1. The smallest absolute Gasteiger partial charge is 0.416 e. The fraction of sp³-hybridized carbons (Fsp3) is 0.0833. The van der Waals surface area contributed by atoms with Gasteiger partial charge in [-0.25, -0.2) is 0 Å². The number of nitro benzene ring substituents is 1. The number of nitro groups is 1. The van der Waals surface area contributed by atoms with E-state index in [-0.39, 0.29) is 24.2 Å². The quantitative estimate of drug-likeness (QED) is 0.126. The van der Waals surface area contributed by atoms with Crippen molar-refractivity contribution in [3.63, 3.8) is 0 Å². The number of ether oxygens (including phenoxy) is 3. The van der Waals surface area contributed by atoms with Crippen LogP contribution >= 0.6 is 39.9 Å². The molecule has 0 spiro atoms. The number of nitrogens with zero attached hydrogens (tertiary/aromatic N) is 2. The summed E-state index contributed by atoms with van der Waals surface area (Å²) in [4.78, 5) is 25.2. The lowest BCUT2D eigenvalue weighted by atomic mass is 10.1. The Hall–Kier alpha value is -3.62. The van der Waals surface area contributed by atoms with Crippen LogP contribution in [0.5, 0.6) is 23.0 Å². The number of amides is 1. The first-order valence-electron chi connectivity index (χ1n) is 10.5. The summed E-state index contributed by atoms with van der Waals surface area (Å²) in [7, 11) is 0.